The SMILES string of the molecule is Cc1cc(C)cc([N-]C(C)(C)C)c1.Cc1cc(C)cc([N-]C(C)(C)C)c1.Cc1cc(C)cc([N-]C(C)(C)C)c1.[N]#[V].[Na+]. The van der Waals surface area contributed by atoms with E-state index in [1.165, 1.54) is 50.4 Å². The molecule has 0 heterocycles. The summed E-state index contributed by atoms with van der Waals surface area (Å²) in [5.41, 5.74) is 11.0. The maximum Gasteiger partial charge on any atom is 1.00 e. The first-order valence-electron chi connectivity index (χ1n) is 14.2. The van der Waals surface area contributed by atoms with E-state index in [9.17, 15) is 0 Å². The summed E-state index contributed by atoms with van der Waals surface area (Å²) < 4.78 is 6.94. The van der Waals surface area contributed by atoms with Crippen LogP contribution in [-0.2, 0) is 17.1 Å². The first-order chi connectivity index (χ1) is 18.6. The van der Waals surface area contributed by atoms with Crippen molar-refractivity contribution in [1.29, 1.82) is 4.03 Å². The molecular weight excluding hydrogens is 562 g/mol. The van der Waals surface area contributed by atoms with Crippen molar-refractivity contribution in [2.75, 3.05) is 0 Å². The zero-order valence-corrected chi connectivity index (χ0v) is 32.8. The van der Waals surface area contributed by atoms with Crippen LogP contribution in [0.2, 0.25) is 0 Å². The molecule has 0 bridgehead atoms. The maximum absolute atomic E-state index is 6.94. The van der Waals surface area contributed by atoms with E-state index in [4.69, 9.17) is 4.03 Å². The molecule has 3 rings (SSSR count). The van der Waals surface area contributed by atoms with E-state index in [1.807, 2.05) is 0 Å². The van der Waals surface area contributed by atoms with Gasteiger partial charge in [0.2, 0.25) is 0 Å². The van der Waals surface area contributed by atoms with Gasteiger partial charge in [-0.25, -0.2) is 0 Å². The van der Waals surface area contributed by atoms with Gasteiger partial charge < -0.3 is 16.0 Å². The van der Waals surface area contributed by atoms with Crippen molar-refractivity contribution in [2.24, 2.45) is 0 Å². The quantitative estimate of drug-likeness (QED) is 0.271. The monoisotopic (exact) mass is 616 g/mol. The van der Waals surface area contributed by atoms with Crippen molar-refractivity contribution in [3.63, 3.8) is 0 Å². The molecule has 0 fully saturated rings. The van der Waals surface area contributed by atoms with Gasteiger partial charge in [0.1, 0.15) is 0 Å². The number of aryl methyl sites for hydroxylation is 6. The number of hydrogen-bond acceptors (Lipinski definition) is 1. The van der Waals surface area contributed by atoms with Gasteiger partial charge in [-0.15, -0.1) is 33.7 Å². The molecule has 0 amide bonds. The summed E-state index contributed by atoms with van der Waals surface area (Å²) in [6, 6.07) is 19.2. The Balaban J connectivity index is 0. The fraction of sp³-hybridized carbons (Fsp3) is 0.500. The number of hydrogen-bond donors (Lipinski definition) is 0. The van der Waals surface area contributed by atoms with Crippen LogP contribution < -0.4 is 29.6 Å². The third kappa shape index (κ3) is 22.0. The minimum absolute atomic E-state index is 0. The van der Waals surface area contributed by atoms with Crippen LogP contribution in [0.15, 0.2) is 54.6 Å². The summed E-state index contributed by atoms with van der Waals surface area (Å²) in [5, 5.41) is 13.8. The Morgan fingerprint density at radius 2 is 0.524 bits per heavy atom. The molecule has 6 heteroatoms. The fourth-order valence-corrected chi connectivity index (χ4v) is 4.21. The van der Waals surface area contributed by atoms with E-state index < -0.39 is 0 Å². The van der Waals surface area contributed by atoms with Crippen LogP contribution in [0.25, 0.3) is 16.0 Å². The predicted molar refractivity (Wildman–Crippen MR) is 178 cm³/mol. The summed E-state index contributed by atoms with van der Waals surface area (Å²) in [6.07, 6.45) is 0. The summed E-state index contributed by atoms with van der Waals surface area (Å²) in [6.45, 7) is 31.7. The van der Waals surface area contributed by atoms with Crippen molar-refractivity contribution in [3.05, 3.63) is 104 Å². The van der Waals surface area contributed by atoms with Gasteiger partial charge in [-0.2, -0.15) is 0 Å². The molecule has 3 aromatic rings. The summed E-state index contributed by atoms with van der Waals surface area (Å²) in [5.74, 6) is 0. The fourth-order valence-electron chi connectivity index (χ4n) is 4.21. The van der Waals surface area contributed by atoms with Crippen LogP contribution in [0.1, 0.15) is 95.7 Å². The Kier molecular flexibility index (Phi) is 19.1. The zero-order valence-electron chi connectivity index (χ0n) is 29.4. The van der Waals surface area contributed by atoms with Gasteiger partial charge in [0, 0.05) is 0 Å². The zero-order chi connectivity index (χ0) is 32.2. The van der Waals surface area contributed by atoms with Crippen LogP contribution in [0.5, 0.6) is 0 Å². The van der Waals surface area contributed by atoms with E-state index >= 15 is 0 Å². The van der Waals surface area contributed by atoms with E-state index in [2.05, 4.69) is 174 Å². The smallest absolute Gasteiger partial charge is 1.00 e. The third-order valence-electron chi connectivity index (χ3n) is 5.01. The van der Waals surface area contributed by atoms with E-state index in [-0.39, 0.29) is 46.2 Å². The van der Waals surface area contributed by atoms with Gasteiger partial charge >= 0.3 is 50.6 Å². The van der Waals surface area contributed by atoms with Crippen LogP contribution in [-0.4, -0.2) is 16.6 Å². The number of rotatable bonds is 3. The third-order valence-corrected chi connectivity index (χ3v) is 5.01. The van der Waals surface area contributed by atoms with Crippen molar-refractivity contribution in [2.45, 2.75) is 120 Å². The van der Waals surface area contributed by atoms with Crippen molar-refractivity contribution in [3.8, 4) is 0 Å². The summed E-state index contributed by atoms with van der Waals surface area (Å²) >= 11 is 1.31. The van der Waals surface area contributed by atoms with Crippen LogP contribution >= 0.6 is 0 Å². The average Bonchev–Trinajstić information content (AvgIpc) is 2.70. The first-order valence-corrected chi connectivity index (χ1v) is 14.9. The normalized spacial score (nSPS) is 10.7. The first kappa shape index (κ1) is 42.5. The molecule has 0 unspecified atom stereocenters. The number of nitrogens with zero attached hydrogens (tertiary/aromatic N) is 4. The Labute approximate surface area is 290 Å². The van der Waals surface area contributed by atoms with Gasteiger partial charge in [0.15, 0.2) is 0 Å². The minimum atomic E-state index is 0. The Morgan fingerprint density at radius 3 is 0.643 bits per heavy atom. The Bertz CT molecular complexity index is 1030. The second-order valence-corrected chi connectivity index (χ2v) is 13.9. The largest absolute Gasteiger partial charge is 1.00 e. The molecule has 3 aromatic carbocycles. The van der Waals surface area contributed by atoms with Crippen LogP contribution in [0, 0.1) is 45.6 Å². The molecule has 0 aliphatic heterocycles. The summed E-state index contributed by atoms with van der Waals surface area (Å²) in [4.78, 5) is 0. The molecule has 0 saturated carbocycles. The molecule has 0 saturated heterocycles. The van der Waals surface area contributed by atoms with E-state index in [0.29, 0.717) is 0 Å². The molecule has 0 spiro atoms. The topological polar surface area (TPSA) is 66.1 Å². The van der Waals surface area contributed by atoms with Gasteiger partial charge in [-0.05, 0) is 41.5 Å². The van der Waals surface area contributed by atoms with Crippen LogP contribution in [0.4, 0.5) is 17.1 Å². The molecule has 42 heavy (non-hydrogen) atoms. The van der Waals surface area contributed by atoms with Gasteiger partial charge in [-0.1, -0.05) is 150 Å². The number of benzene rings is 3. The Hall–Kier alpha value is -1.65. The van der Waals surface area contributed by atoms with Gasteiger partial charge in [-0.3, -0.25) is 0 Å². The molecule has 0 aromatic heterocycles. The summed E-state index contributed by atoms with van der Waals surface area (Å²) in [7, 11) is 0. The predicted octanol–water partition coefficient (Wildman–Crippen LogP) is 9.34. The molecule has 4 nitrogen and oxygen atoms in total. The minimum Gasteiger partial charge on any atom is 1.00 e. The van der Waals surface area contributed by atoms with Gasteiger partial charge in [0.05, 0.1) is 0 Å². The second kappa shape index (κ2) is 18.9. The van der Waals surface area contributed by atoms with E-state index in [0.717, 1.165) is 17.1 Å². The molecule has 0 radical (unpaired) electrons. The van der Waals surface area contributed by atoms with E-state index in [1.54, 1.807) is 0 Å². The molecule has 0 N–H and O–H groups in total. The molecule has 226 valence electrons. The van der Waals surface area contributed by atoms with Gasteiger partial charge in [0.25, 0.3) is 0 Å². The van der Waals surface area contributed by atoms with Crippen molar-refractivity contribution < 1.29 is 46.6 Å². The average molecular weight is 617 g/mol. The molecule has 0 aliphatic rings. The standard InChI is InChI=1S/3C12H18N.N.Na.V/c3*1-9-6-10(2)8-11(7-9)13-12(3,4)5;;;/h3*6-8H,1-5H3;;;/q3*-1;;+1;. The molecular formula is C36H54N4NaV-2. The molecule has 0 aliphatic carbocycles. The van der Waals surface area contributed by atoms with Crippen molar-refractivity contribution >= 4 is 17.1 Å². The Morgan fingerprint density at radius 1 is 0.381 bits per heavy atom. The second-order valence-electron chi connectivity index (χ2n) is 13.9. The van der Waals surface area contributed by atoms with Crippen LogP contribution in [0.3, 0.4) is 0 Å². The molecule has 0 atom stereocenters. The maximum atomic E-state index is 6.94. The van der Waals surface area contributed by atoms with Crippen molar-refractivity contribution in [1.82, 2.24) is 0 Å².